The molecule has 0 radical (unpaired) electrons. The first kappa shape index (κ1) is 12.8. The summed E-state index contributed by atoms with van der Waals surface area (Å²) in [5, 5.41) is 4.03. The third kappa shape index (κ3) is 3.67. The first-order valence-electron chi connectivity index (χ1n) is 4.71. The Morgan fingerprint density at radius 1 is 1.53 bits per heavy atom. The Bertz CT molecular complexity index is 392. The van der Waals surface area contributed by atoms with Gasteiger partial charge in [-0.3, -0.25) is 0 Å². The molecular weight excluding hydrogens is 320 g/mol. The molecule has 0 heterocycles. The second-order valence-corrected chi connectivity index (χ2v) is 4.74. The van der Waals surface area contributed by atoms with E-state index in [4.69, 9.17) is 11.6 Å². The number of nitrogens with one attached hydrogen (secondary N) is 1. The fourth-order valence-corrected chi connectivity index (χ4v) is 2.25. The lowest BCUT2D eigenvalue weighted by molar-refractivity contribution is 0.608. The van der Waals surface area contributed by atoms with Crippen LogP contribution in [0, 0.1) is 15.4 Å². The Morgan fingerprint density at radius 2 is 2.27 bits per heavy atom. The van der Waals surface area contributed by atoms with Crippen LogP contribution in [0.1, 0.15) is 24.9 Å². The summed E-state index contributed by atoms with van der Waals surface area (Å²) in [7, 11) is 1.94. The van der Waals surface area contributed by atoms with Crippen molar-refractivity contribution in [3.8, 4) is 11.8 Å². The van der Waals surface area contributed by atoms with Gasteiger partial charge < -0.3 is 5.32 Å². The van der Waals surface area contributed by atoms with Gasteiger partial charge in [0.05, 0.1) is 0 Å². The molecule has 0 saturated carbocycles. The van der Waals surface area contributed by atoms with Gasteiger partial charge in [0, 0.05) is 21.1 Å². The van der Waals surface area contributed by atoms with E-state index in [9.17, 15) is 0 Å². The van der Waals surface area contributed by atoms with E-state index in [2.05, 4.69) is 39.7 Å². The molecule has 0 aliphatic heterocycles. The van der Waals surface area contributed by atoms with Crippen molar-refractivity contribution in [3.63, 3.8) is 0 Å². The van der Waals surface area contributed by atoms with E-state index < -0.39 is 0 Å². The molecule has 1 aromatic carbocycles. The Hall–Kier alpha value is -0.240. The average Bonchev–Trinajstić information content (AvgIpc) is 2.24. The smallest absolute Gasteiger partial charge is 0.0439 e. The van der Waals surface area contributed by atoms with Gasteiger partial charge in [-0.05, 0) is 60.3 Å². The number of benzene rings is 1. The molecular formula is C12H13ClIN. The second kappa shape index (κ2) is 6.37. The zero-order chi connectivity index (χ0) is 11.3. The van der Waals surface area contributed by atoms with Crippen LogP contribution >= 0.6 is 34.2 Å². The molecule has 80 valence electrons. The quantitative estimate of drug-likeness (QED) is 0.658. The van der Waals surface area contributed by atoms with Gasteiger partial charge in [0.2, 0.25) is 0 Å². The first-order valence-corrected chi connectivity index (χ1v) is 6.16. The van der Waals surface area contributed by atoms with E-state index in [0.717, 1.165) is 11.4 Å². The summed E-state index contributed by atoms with van der Waals surface area (Å²) in [4.78, 5) is 0. The molecule has 1 rings (SSSR count). The van der Waals surface area contributed by atoms with Crippen LogP contribution in [0.5, 0.6) is 0 Å². The molecule has 15 heavy (non-hydrogen) atoms. The minimum atomic E-state index is 0.253. The van der Waals surface area contributed by atoms with Crippen LogP contribution in [0.3, 0.4) is 0 Å². The Labute approximate surface area is 110 Å². The topological polar surface area (TPSA) is 12.0 Å². The lowest BCUT2D eigenvalue weighted by Gasteiger charge is -2.15. The molecule has 0 aliphatic rings. The summed E-state index contributed by atoms with van der Waals surface area (Å²) in [6.07, 6.45) is 0.809. The van der Waals surface area contributed by atoms with Crippen molar-refractivity contribution in [1.29, 1.82) is 0 Å². The van der Waals surface area contributed by atoms with Gasteiger partial charge in [-0.2, -0.15) is 0 Å². The lowest BCUT2D eigenvalue weighted by Crippen LogP contribution is -2.16. The molecule has 3 heteroatoms. The predicted molar refractivity (Wildman–Crippen MR) is 74.0 cm³/mol. The minimum Gasteiger partial charge on any atom is -0.312 e. The molecule has 1 aromatic rings. The van der Waals surface area contributed by atoms with Gasteiger partial charge in [-0.15, -0.1) is 11.8 Å². The number of hydrogen-bond donors (Lipinski definition) is 1. The van der Waals surface area contributed by atoms with E-state index >= 15 is 0 Å². The van der Waals surface area contributed by atoms with Gasteiger partial charge in [-0.25, -0.2) is 0 Å². The van der Waals surface area contributed by atoms with Crippen LogP contribution in [-0.2, 0) is 0 Å². The SMILES string of the molecule is CC#CCC(NC)c1cc(Cl)ccc1I. The third-order valence-electron chi connectivity index (χ3n) is 2.16. The summed E-state index contributed by atoms with van der Waals surface area (Å²) in [5.41, 5.74) is 1.22. The summed E-state index contributed by atoms with van der Waals surface area (Å²) >= 11 is 8.31. The van der Waals surface area contributed by atoms with Gasteiger partial charge in [0.15, 0.2) is 0 Å². The third-order valence-corrected chi connectivity index (χ3v) is 3.38. The molecule has 0 aromatic heterocycles. The maximum atomic E-state index is 5.98. The lowest BCUT2D eigenvalue weighted by atomic mass is 10.0. The number of rotatable bonds is 3. The minimum absolute atomic E-state index is 0.253. The highest BCUT2D eigenvalue weighted by molar-refractivity contribution is 14.1. The maximum absolute atomic E-state index is 5.98. The zero-order valence-electron chi connectivity index (χ0n) is 8.77. The van der Waals surface area contributed by atoms with Crippen molar-refractivity contribution in [2.75, 3.05) is 7.05 Å². The molecule has 1 N–H and O–H groups in total. The molecule has 0 fully saturated rings. The highest BCUT2D eigenvalue weighted by Crippen LogP contribution is 2.25. The van der Waals surface area contributed by atoms with Crippen molar-refractivity contribution >= 4 is 34.2 Å². The van der Waals surface area contributed by atoms with Crippen molar-refractivity contribution in [2.45, 2.75) is 19.4 Å². The van der Waals surface area contributed by atoms with Crippen LogP contribution in [0.4, 0.5) is 0 Å². The van der Waals surface area contributed by atoms with Gasteiger partial charge in [0.1, 0.15) is 0 Å². The Morgan fingerprint density at radius 3 is 2.87 bits per heavy atom. The highest BCUT2D eigenvalue weighted by Gasteiger charge is 2.11. The van der Waals surface area contributed by atoms with E-state index in [1.54, 1.807) is 0 Å². The monoisotopic (exact) mass is 333 g/mol. The normalized spacial score (nSPS) is 11.7. The second-order valence-electron chi connectivity index (χ2n) is 3.14. The van der Waals surface area contributed by atoms with Crippen molar-refractivity contribution in [3.05, 3.63) is 32.4 Å². The summed E-state index contributed by atoms with van der Waals surface area (Å²) < 4.78 is 1.22. The fraction of sp³-hybridized carbons (Fsp3) is 0.333. The van der Waals surface area contributed by atoms with E-state index in [0.29, 0.717) is 0 Å². The fourth-order valence-electron chi connectivity index (χ4n) is 1.35. The molecule has 1 nitrogen and oxygen atoms in total. The molecule has 1 unspecified atom stereocenters. The van der Waals surface area contributed by atoms with E-state index in [-0.39, 0.29) is 6.04 Å². The summed E-state index contributed by atoms with van der Waals surface area (Å²) in [6.45, 7) is 1.86. The van der Waals surface area contributed by atoms with E-state index in [1.807, 2.05) is 32.2 Å². The summed E-state index contributed by atoms with van der Waals surface area (Å²) in [6, 6.07) is 6.19. The van der Waals surface area contributed by atoms with Crippen LogP contribution in [-0.4, -0.2) is 7.05 Å². The largest absolute Gasteiger partial charge is 0.312 e. The zero-order valence-corrected chi connectivity index (χ0v) is 11.7. The van der Waals surface area contributed by atoms with Crippen LogP contribution in [0.15, 0.2) is 18.2 Å². The van der Waals surface area contributed by atoms with Crippen LogP contribution in [0.2, 0.25) is 5.02 Å². The van der Waals surface area contributed by atoms with Crippen LogP contribution in [0.25, 0.3) is 0 Å². The Kier molecular flexibility index (Phi) is 5.44. The van der Waals surface area contributed by atoms with E-state index in [1.165, 1.54) is 9.13 Å². The molecule has 0 aliphatic carbocycles. The first-order chi connectivity index (χ1) is 7.19. The van der Waals surface area contributed by atoms with Gasteiger partial charge in [0.25, 0.3) is 0 Å². The predicted octanol–water partition coefficient (Wildman–Crippen LogP) is 3.62. The van der Waals surface area contributed by atoms with Crippen molar-refractivity contribution in [1.82, 2.24) is 5.32 Å². The standard InChI is InChI=1S/C12H13ClIN/c1-3-4-5-12(15-2)10-8-9(13)6-7-11(10)14/h6-8,12,15H,5H2,1-2H3. The van der Waals surface area contributed by atoms with Crippen molar-refractivity contribution in [2.24, 2.45) is 0 Å². The molecule has 0 amide bonds. The molecule has 0 saturated heterocycles. The van der Waals surface area contributed by atoms with Crippen LogP contribution < -0.4 is 5.32 Å². The van der Waals surface area contributed by atoms with Gasteiger partial charge >= 0.3 is 0 Å². The van der Waals surface area contributed by atoms with Crippen molar-refractivity contribution < 1.29 is 0 Å². The average molecular weight is 334 g/mol. The molecule has 0 spiro atoms. The Balaban J connectivity index is 2.98. The number of halogens is 2. The van der Waals surface area contributed by atoms with Gasteiger partial charge in [-0.1, -0.05) is 11.6 Å². The highest BCUT2D eigenvalue weighted by atomic mass is 127. The molecule has 1 atom stereocenters. The summed E-state index contributed by atoms with van der Waals surface area (Å²) in [5.74, 6) is 6.00. The number of hydrogen-bond acceptors (Lipinski definition) is 1. The molecule has 0 bridgehead atoms. The maximum Gasteiger partial charge on any atom is 0.0439 e.